The number of hydrogen-bond donors (Lipinski definition) is 1. The fraction of sp³-hybridized carbons (Fsp3) is 0.182. The van der Waals surface area contributed by atoms with Crippen molar-refractivity contribution in [1.29, 1.82) is 0 Å². The molecular formula is C11H12N2S. The molecule has 2 rings (SSSR count). The Morgan fingerprint density at radius 1 is 1.36 bits per heavy atom. The lowest BCUT2D eigenvalue weighted by Gasteiger charge is -2.01. The van der Waals surface area contributed by atoms with E-state index in [9.17, 15) is 0 Å². The van der Waals surface area contributed by atoms with Gasteiger partial charge in [-0.15, -0.1) is 11.3 Å². The number of rotatable bonds is 2. The summed E-state index contributed by atoms with van der Waals surface area (Å²) in [4.78, 5) is 5.79. The molecule has 0 saturated heterocycles. The Balaban J connectivity index is 2.41. The van der Waals surface area contributed by atoms with Crippen molar-refractivity contribution >= 4 is 17.2 Å². The second-order valence-electron chi connectivity index (χ2n) is 3.10. The first-order valence-corrected chi connectivity index (χ1v) is 5.38. The van der Waals surface area contributed by atoms with Crippen LogP contribution in [-0.4, -0.2) is 12.0 Å². The van der Waals surface area contributed by atoms with Gasteiger partial charge in [0.05, 0.1) is 5.69 Å². The lowest BCUT2D eigenvalue weighted by Crippen LogP contribution is -1.92. The molecule has 14 heavy (non-hydrogen) atoms. The normalized spacial score (nSPS) is 10.1. The fourth-order valence-corrected chi connectivity index (χ4v) is 2.01. The number of thiophene rings is 1. The van der Waals surface area contributed by atoms with E-state index in [1.807, 2.05) is 25.2 Å². The van der Waals surface area contributed by atoms with Crippen LogP contribution in [0.3, 0.4) is 0 Å². The van der Waals surface area contributed by atoms with Gasteiger partial charge in [-0.05, 0) is 25.1 Å². The maximum absolute atomic E-state index is 4.47. The second-order valence-corrected chi connectivity index (χ2v) is 4.22. The summed E-state index contributed by atoms with van der Waals surface area (Å²) in [5, 5.41) is 5.17. The number of aromatic nitrogens is 1. The summed E-state index contributed by atoms with van der Waals surface area (Å²) in [7, 11) is 1.88. The van der Waals surface area contributed by atoms with Gasteiger partial charge in [0, 0.05) is 22.9 Å². The molecular weight excluding hydrogens is 192 g/mol. The highest BCUT2D eigenvalue weighted by Gasteiger charge is 2.01. The van der Waals surface area contributed by atoms with Crippen LogP contribution in [0.4, 0.5) is 5.82 Å². The maximum Gasteiger partial charge on any atom is 0.126 e. The van der Waals surface area contributed by atoms with E-state index >= 15 is 0 Å². The topological polar surface area (TPSA) is 24.9 Å². The number of pyridine rings is 1. The summed E-state index contributed by atoms with van der Waals surface area (Å²) < 4.78 is 0. The van der Waals surface area contributed by atoms with Crippen LogP contribution in [0.25, 0.3) is 11.3 Å². The monoisotopic (exact) mass is 204 g/mol. The van der Waals surface area contributed by atoms with Gasteiger partial charge in [0.15, 0.2) is 0 Å². The van der Waals surface area contributed by atoms with Crippen molar-refractivity contribution in [2.75, 3.05) is 12.4 Å². The van der Waals surface area contributed by atoms with Crippen LogP contribution < -0.4 is 5.32 Å². The van der Waals surface area contributed by atoms with Crippen LogP contribution in [0, 0.1) is 6.92 Å². The SMILES string of the molecule is CNc1cccc(-c2csc(C)c2)n1. The Kier molecular flexibility index (Phi) is 2.50. The van der Waals surface area contributed by atoms with E-state index < -0.39 is 0 Å². The minimum absolute atomic E-state index is 0.909. The largest absolute Gasteiger partial charge is 0.373 e. The summed E-state index contributed by atoms with van der Waals surface area (Å²) in [6.45, 7) is 2.11. The van der Waals surface area contributed by atoms with Crippen LogP contribution in [-0.2, 0) is 0 Å². The number of anilines is 1. The summed E-state index contributed by atoms with van der Waals surface area (Å²) in [6, 6.07) is 8.17. The number of aryl methyl sites for hydroxylation is 1. The van der Waals surface area contributed by atoms with Crippen molar-refractivity contribution < 1.29 is 0 Å². The maximum atomic E-state index is 4.47. The van der Waals surface area contributed by atoms with E-state index in [-0.39, 0.29) is 0 Å². The first-order valence-electron chi connectivity index (χ1n) is 4.50. The van der Waals surface area contributed by atoms with Crippen molar-refractivity contribution in [1.82, 2.24) is 4.98 Å². The van der Waals surface area contributed by atoms with E-state index in [4.69, 9.17) is 0 Å². The molecule has 0 saturated carbocycles. The zero-order valence-electron chi connectivity index (χ0n) is 8.24. The van der Waals surface area contributed by atoms with Gasteiger partial charge >= 0.3 is 0 Å². The highest BCUT2D eigenvalue weighted by molar-refractivity contribution is 7.10. The molecule has 72 valence electrons. The first kappa shape index (κ1) is 9.21. The minimum atomic E-state index is 0.909. The molecule has 0 amide bonds. The molecule has 1 N–H and O–H groups in total. The Hall–Kier alpha value is -1.35. The molecule has 0 fully saturated rings. The van der Waals surface area contributed by atoms with Gasteiger partial charge in [0.2, 0.25) is 0 Å². The second kappa shape index (κ2) is 3.80. The molecule has 2 aromatic rings. The quantitative estimate of drug-likeness (QED) is 0.812. The van der Waals surface area contributed by atoms with Crippen molar-refractivity contribution in [2.45, 2.75) is 6.92 Å². The third kappa shape index (κ3) is 1.77. The summed E-state index contributed by atoms with van der Waals surface area (Å²) in [5.74, 6) is 0.909. The van der Waals surface area contributed by atoms with E-state index in [1.165, 1.54) is 10.4 Å². The molecule has 3 heteroatoms. The molecule has 0 aliphatic rings. The number of hydrogen-bond acceptors (Lipinski definition) is 3. The third-order valence-corrected chi connectivity index (χ3v) is 2.89. The Morgan fingerprint density at radius 3 is 2.86 bits per heavy atom. The molecule has 0 aliphatic heterocycles. The van der Waals surface area contributed by atoms with Gasteiger partial charge in [0.25, 0.3) is 0 Å². The Bertz CT molecular complexity index is 434. The van der Waals surface area contributed by atoms with Gasteiger partial charge in [-0.25, -0.2) is 4.98 Å². The summed E-state index contributed by atoms with van der Waals surface area (Å²) >= 11 is 1.75. The van der Waals surface area contributed by atoms with Gasteiger partial charge in [-0.1, -0.05) is 6.07 Å². The fourth-order valence-electron chi connectivity index (χ4n) is 1.31. The Labute approximate surface area is 87.6 Å². The number of nitrogens with one attached hydrogen (secondary N) is 1. The third-order valence-electron chi connectivity index (χ3n) is 2.03. The smallest absolute Gasteiger partial charge is 0.126 e. The van der Waals surface area contributed by atoms with E-state index in [1.54, 1.807) is 11.3 Å². The Morgan fingerprint density at radius 2 is 2.21 bits per heavy atom. The van der Waals surface area contributed by atoms with Crippen molar-refractivity contribution in [3.05, 3.63) is 34.5 Å². The van der Waals surface area contributed by atoms with Crippen molar-refractivity contribution in [3.8, 4) is 11.3 Å². The van der Waals surface area contributed by atoms with E-state index in [2.05, 4.69) is 28.7 Å². The lowest BCUT2D eigenvalue weighted by atomic mass is 10.2. The van der Waals surface area contributed by atoms with E-state index in [0.29, 0.717) is 0 Å². The molecule has 0 radical (unpaired) electrons. The molecule has 0 spiro atoms. The summed E-state index contributed by atoms with van der Waals surface area (Å²) in [5.41, 5.74) is 2.23. The number of nitrogens with zero attached hydrogens (tertiary/aromatic N) is 1. The van der Waals surface area contributed by atoms with Crippen molar-refractivity contribution in [2.24, 2.45) is 0 Å². The highest BCUT2D eigenvalue weighted by Crippen LogP contribution is 2.24. The van der Waals surface area contributed by atoms with Crippen LogP contribution >= 0.6 is 11.3 Å². The molecule has 2 aromatic heterocycles. The van der Waals surface area contributed by atoms with Crippen LogP contribution in [0.5, 0.6) is 0 Å². The van der Waals surface area contributed by atoms with E-state index in [0.717, 1.165) is 11.5 Å². The van der Waals surface area contributed by atoms with Crippen LogP contribution in [0.1, 0.15) is 4.88 Å². The average molecular weight is 204 g/mol. The van der Waals surface area contributed by atoms with Gasteiger partial charge in [0.1, 0.15) is 5.82 Å². The molecule has 0 atom stereocenters. The average Bonchev–Trinajstić information content (AvgIpc) is 2.65. The minimum Gasteiger partial charge on any atom is -0.373 e. The molecule has 2 heterocycles. The molecule has 2 nitrogen and oxygen atoms in total. The van der Waals surface area contributed by atoms with Crippen LogP contribution in [0.15, 0.2) is 29.6 Å². The molecule has 0 aliphatic carbocycles. The zero-order valence-corrected chi connectivity index (χ0v) is 9.06. The van der Waals surface area contributed by atoms with Gasteiger partial charge in [-0.3, -0.25) is 0 Å². The molecule has 0 aromatic carbocycles. The predicted molar refractivity (Wildman–Crippen MR) is 61.8 cm³/mol. The molecule has 0 bridgehead atoms. The molecule has 0 unspecified atom stereocenters. The van der Waals surface area contributed by atoms with Crippen LogP contribution in [0.2, 0.25) is 0 Å². The lowest BCUT2D eigenvalue weighted by molar-refractivity contribution is 1.29. The highest BCUT2D eigenvalue weighted by atomic mass is 32.1. The zero-order chi connectivity index (χ0) is 9.97. The van der Waals surface area contributed by atoms with Gasteiger partial charge in [-0.2, -0.15) is 0 Å². The first-order chi connectivity index (χ1) is 6.79. The standard InChI is InChI=1S/C11H12N2S/c1-8-6-9(7-14-8)10-4-3-5-11(12-2)13-10/h3-7H,1-2H3,(H,12,13). The predicted octanol–water partition coefficient (Wildman–Crippen LogP) is 3.16. The van der Waals surface area contributed by atoms with Crippen molar-refractivity contribution in [3.63, 3.8) is 0 Å². The summed E-state index contributed by atoms with van der Waals surface area (Å²) in [6.07, 6.45) is 0. The van der Waals surface area contributed by atoms with Gasteiger partial charge < -0.3 is 5.32 Å².